The van der Waals surface area contributed by atoms with Gasteiger partial charge in [-0.3, -0.25) is 14.4 Å². The van der Waals surface area contributed by atoms with Gasteiger partial charge in [-0.2, -0.15) is 0 Å². The molecule has 0 bridgehead atoms. The molecule has 0 aromatic heterocycles. The van der Waals surface area contributed by atoms with Crippen LogP contribution in [-0.2, 0) is 28.6 Å². The molecule has 0 aliphatic carbocycles. The summed E-state index contributed by atoms with van der Waals surface area (Å²) in [4.78, 5) is 38.3. The Morgan fingerprint density at radius 3 is 0.785 bits per heavy atom. The smallest absolute Gasteiger partial charge is 0.306 e. The van der Waals surface area contributed by atoms with Gasteiger partial charge in [-0.15, -0.1) is 0 Å². The maximum Gasteiger partial charge on any atom is 0.306 e. The van der Waals surface area contributed by atoms with E-state index in [-0.39, 0.29) is 31.1 Å². The molecule has 0 aliphatic heterocycles. The first-order valence-corrected chi connectivity index (χ1v) is 32.7. The van der Waals surface area contributed by atoms with Gasteiger partial charge >= 0.3 is 17.9 Å². The second kappa shape index (κ2) is 66.1. The quantitative estimate of drug-likeness (QED) is 0.0261. The van der Waals surface area contributed by atoms with Crippen LogP contribution in [0.1, 0.15) is 290 Å². The molecule has 0 saturated carbocycles. The Kier molecular flexibility index (Phi) is 62.3. The Bertz CT molecular complexity index is 1680. The topological polar surface area (TPSA) is 78.9 Å². The normalized spacial score (nSPS) is 13.0. The first kappa shape index (κ1) is 74.5. The summed E-state index contributed by atoms with van der Waals surface area (Å²) in [6, 6.07) is 0. The predicted octanol–water partition coefficient (Wildman–Crippen LogP) is 22.5. The molecule has 0 aromatic rings. The molecule has 0 rings (SSSR count). The molecule has 6 heteroatoms. The summed E-state index contributed by atoms with van der Waals surface area (Å²) >= 11 is 0. The van der Waals surface area contributed by atoms with E-state index >= 15 is 0 Å². The summed E-state index contributed by atoms with van der Waals surface area (Å²) in [6.45, 7) is 6.39. The zero-order valence-corrected chi connectivity index (χ0v) is 51.3. The Morgan fingerprint density at radius 2 is 0.494 bits per heavy atom. The third-order valence-electron chi connectivity index (χ3n) is 13.6. The van der Waals surface area contributed by atoms with Crippen LogP contribution in [0.4, 0.5) is 0 Å². The average Bonchev–Trinajstić information content (AvgIpc) is 3.45. The number of unbranched alkanes of at least 4 members (excludes halogenated alkanes) is 25. The van der Waals surface area contributed by atoms with E-state index in [1.54, 1.807) is 0 Å². The Hall–Kier alpha value is -4.45. The van der Waals surface area contributed by atoms with Gasteiger partial charge in [-0.25, -0.2) is 0 Å². The van der Waals surface area contributed by atoms with E-state index in [4.69, 9.17) is 14.2 Å². The van der Waals surface area contributed by atoms with Crippen molar-refractivity contribution in [3.8, 4) is 0 Å². The molecule has 0 N–H and O–H groups in total. The number of carbonyl (C=O) groups is 3. The van der Waals surface area contributed by atoms with E-state index in [0.29, 0.717) is 19.3 Å². The molecule has 6 nitrogen and oxygen atoms in total. The van der Waals surface area contributed by atoms with Gasteiger partial charge in [-0.1, -0.05) is 270 Å². The van der Waals surface area contributed by atoms with E-state index in [0.717, 1.165) is 154 Å². The summed E-state index contributed by atoms with van der Waals surface area (Å²) in [5.41, 5.74) is 0. The molecule has 1 unspecified atom stereocenters. The number of esters is 3. The second-order valence-electron chi connectivity index (χ2n) is 21.3. The van der Waals surface area contributed by atoms with E-state index in [1.165, 1.54) is 96.3 Å². The predicted molar refractivity (Wildman–Crippen MR) is 343 cm³/mol. The van der Waals surface area contributed by atoms with Gasteiger partial charge in [0.25, 0.3) is 0 Å². The number of carbonyl (C=O) groups excluding carboxylic acids is 3. The van der Waals surface area contributed by atoms with Gasteiger partial charge in [0.15, 0.2) is 6.10 Å². The van der Waals surface area contributed by atoms with E-state index < -0.39 is 6.10 Å². The van der Waals surface area contributed by atoms with E-state index in [2.05, 4.69) is 154 Å². The highest BCUT2D eigenvalue weighted by molar-refractivity contribution is 5.71. The van der Waals surface area contributed by atoms with Crippen LogP contribution in [0, 0.1) is 0 Å². The van der Waals surface area contributed by atoms with Gasteiger partial charge < -0.3 is 14.2 Å². The first-order valence-electron chi connectivity index (χ1n) is 32.7. The third kappa shape index (κ3) is 64.3. The third-order valence-corrected chi connectivity index (χ3v) is 13.6. The van der Waals surface area contributed by atoms with E-state index in [9.17, 15) is 14.4 Å². The number of ether oxygens (including phenoxy) is 3. The molecule has 0 heterocycles. The van der Waals surface area contributed by atoms with Crippen molar-refractivity contribution in [2.24, 2.45) is 0 Å². The number of hydrogen-bond donors (Lipinski definition) is 0. The van der Waals surface area contributed by atoms with Crippen LogP contribution in [0.5, 0.6) is 0 Å². The first-order chi connectivity index (χ1) is 39.0. The van der Waals surface area contributed by atoms with Gasteiger partial charge in [0.05, 0.1) is 0 Å². The Balaban J connectivity index is 4.32. The highest BCUT2D eigenvalue weighted by atomic mass is 16.6. The molecule has 448 valence electrons. The van der Waals surface area contributed by atoms with Crippen LogP contribution in [0.2, 0.25) is 0 Å². The monoisotopic (exact) mass is 1090 g/mol. The highest BCUT2D eigenvalue weighted by Crippen LogP contribution is 2.15. The molecule has 0 saturated heterocycles. The van der Waals surface area contributed by atoms with Crippen molar-refractivity contribution in [2.45, 2.75) is 297 Å². The molecular weight excluding hydrogens is 973 g/mol. The lowest BCUT2D eigenvalue weighted by molar-refractivity contribution is -0.167. The minimum Gasteiger partial charge on any atom is -0.462 e. The van der Waals surface area contributed by atoms with Crippen molar-refractivity contribution < 1.29 is 28.6 Å². The molecule has 0 aliphatic rings. The van der Waals surface area contributed by atoms with Crippen molar-refractivity contribution in [1.82, 2.24) is 0 Å². The SMILES string of the molecule is CC/C=C\C/C=C\C/C=C\C/C=C\C/C=C\C/C=C\C/C=C\CCCCCCCCCCCC(=O)OCC(COC(=O)CCCCCCC/C=C\CCCCCCCC)OC(=O)CCCCCCC/C=C\C/C=C\C/C=C\CC. The van der Waals surface area contributed by atoms with Gasteiger partial charge in [0.1, 0.15) is 13.2 Å². The van der Waals surface area contributed by atoms with Gasteiger partial charge in [-0.05, 0) is 135 Å². The fourth-order valence-corrected chi connectivity index (χ4v) is 8.79. The van der Waals surface area contributed by atoms with Gasteiger partial charge in [0.2, 0.25) is 0 Å². The van der Waals surface area contributed by atoms with E-state index in [1.807, 2.05) is 0 Å². The molecule has 0 radical (unpaired) electrons. The van der Waals surface area contributed by atoms with Crippen molar-refractivity contribution in [3.63, 3.8) is 0 Å². The lowest BCUT2D eigenvalue weighted by Crippen LogP contribution is -2.30. The second-order valence-corrected chi connectivity index (χ2v) is 21.3. The number of rotatable bonds is 58. The Labute approximate surface area is 487 Å². The molecular formula is C73H120O6. The zero-order chi connectivity index (χ0) is 57.1. The maximum absolute atomic E-state index is 12.9. The summed E-state index contributed by atoms with van der Waals surface area (Å²) < 4.78 is 16.9. The lowest BCUT2D eigenvalue weighted by Gasteiger charge is -2.18. The molecule has 0 fully saturated rings. The summed E-state index contributed by atoms with van der Waals surface area (Å²) in [6.07, 6.45) is 93.2. The van der Waals surface area contributed by atoms with Crippen molar-refractivity contribution in [3.05, 3.63) is 134 Å². The van der Waals surface area contributed by atoms with Crippen LogP contribution in [0.3, 0.4) is 0 Å². The summed E-state index contributed by atoms with van der Waals surface area (Å²) in [7, 11) is 0. The fourth-order valence-electron chi connectivity index (χ4n) is 8.79. The Morgan fingerprint density at radius 1 is 0.266 bits per heavy atom. The molecule has 0 aromatic carbocycles. The maximum atomic E-state index is 12.9. The zero-order valence-electron chi connectivity index (χ0n) is 51.3. The highest BCUT2D eigenvalue weighted by Gasteiger charge is 2.19. The van der Waals surface area contributed by atoms with Crippen LogP contribution < -0.4 is 0 Å². The van der Waals surface area contributed by atoms with Crippen LogP contribution >= 0.6 is 0 Å². The molecule has 0 amide bonds. The molecule has 1 atom stereocenters. The minimum absolute atomic E-state index is 0.0933. The standard InChI is InChI=1S/C73H120O6/c1-4-7-10-13-16-19-22-25-28-29-30-31-32-33-34-35-36-37-38-39-40-41-42-43-46-48-51-54-57-60-63-66-72(75)78-69-70(79-73(76)67-64-61-58-55-52-49-45-27-24-21-18-15-12-9-6-3)68-77-71(74)65-62-59-56-53-50-47-44-26-23-20-17-14-11-8-5-2/h7,9-10,12,16,18-19,21,25-28,30-31,33-34,36-37,39-40,44-45,70H,4-6,8,11,13-15,17,20,22-24,29,32,35,38,41-43,46-69H2,1-3H3/b10-7-,12-9-,19-16-,21-18-,28-25-,31-30-,34-33-,37-36-,40-39-,44-26-,45-27-. The van der Waals surface area contributed by atoms with Crippen LogP contribution in [0.15, 0.2) is 134 Å². The molecule has 79 heavy (non-hydrogen) atoms. The van der Waals surface area contributed by atoms with Crippen LogP contribution in [0.25, 0.3) is 0 Å². The van der Waals surface area contributed by atoms with Crippen molar-refractivity contribution in [1.29, 1.82) is 0 Å². The number of allylic oxidation sites excluding steroid dienone is 22. The minimum atomic E-state index is -0.798. The molecule has 0 spiro atoms. The summed E-state index contributed by atoms with van der Waals surface area (Å²) in [5.74, 6) is -0.921. The van der Waals surface area contributed by atoms with Crippen LogP contribution in [-0.4, -0.2) is 37.2 Å². The van der Waals surface area contributed by atoms with Gasteiger partial charge in [0, 0.05) is 19.3 Å². The van der Waals surface area contributed by atoms with Crippen molar-refractivity contribution >= 4 is 17.9 Å². The largest absolute Gasteiger partial charge is 0.462 e. The number of hydrogen-bond acceptors (Lipinski definition) is 6. The average molecular weight is 1090 g/mol. The summed E-state index contributed by atoms with van der Waals surface area (Å²) in [5, 5.41) is 0. The lowest BCUT2D eigenvalue weighted by atomic mass is 10.1. The van der Waals surface area contributed by atoms with Crippen molar-refractivity contribution in [2.75, 3.05) is 13.2 Å². The fraction of sp³-hybridized carbons (Fsp3) is 0.658.